The normalized spacial score (nSPS) is 16.1. The molecule has 0 radical (unpaired) electrons. The Kier molecular flexibility index (Phi) is 5.75. The van der Waals surface area contributed by atoms with Crippen LogP contribution in [0, 0.1) is 13.8 Å². The summed E-state index contributed by atoms with van der Waals surface area (Å²) in [5.74, 6) is 0. The molecular weight excluding hydrogens is 414 g/mol. The first kappa shape index (κ1) is 18.4. The minimum atomic E-state index is -2.41. The molecule has 0 aliphatic heterocycles. The standard InChI is InChI=1S/C21H23.2ClH.Zr/c1-5-16-12-18-8-7-17(6-2)21(20(18)13-16)19-10-14(3)9-15(4)11-19;;;/h7-13H,5-6H2,1-4H3;2*1H;/q;;;+2/p-2. The van der Waals surface area contributed by atoms with Crippen molar-refractivity contribution >= 4 is 23.1 Å². The molecule has 1 aliphatic rings. The third-order valence-electron chi connectivity index (χ3n) is 4.89. The molecule has 0 fully saturated rings. The van der Waals surface area contributed by atoms with E-state index in [1.165, 1.54) is 44.5 Å². The van der Waals surface area contributed by atoms with Gasteiger partial charge in [-0.15, -0.1) is 0 Å². The quantitative estimate of drug-likeness (QED) is 0.471. The summed E-state index contributed by atoms with van der Waals surface area (Å²) in [4.78, 5) is 0. The second-order valence-electron chi connectivity index (χ2n) is 6.63. The van der Waals surface area contributed by atoms with Gasteiger partial charge in [0.2, 0.25) is 0 Å². The molecule has 3 heteroatoms. The number of hydrogen-bond donors (Lipinski definition) is 0. The van der Waals surface area contributed by atoms with Crippen molar-refractivity contribution in [2.75, 3.05) is 0 Å². The fourth-order valence-electron chi connectivity index (χ4n) is 3.87. The topological polar surface area (TPSA) is 0 Å². The number of allylic oxidation sites excluding steroid dienone is 1. The van der Waals surface area contributed by atoms with Crippen molar-refractivity contribution in [2.24, 2.45) is 0 Å². The van der Waals surface area contributed by atoms with Crippen molar-refractivity contribution in [3.05, 3.63) is 63.7 Å². The molecule has 0 spiro atoms. The van der Waals surface area contributed by atoms with Crippen LogP contribution < -0.4 is 0 Å². The summed E-state index contributed by atoms with van der Waals surface area (Å²) in [6, 6.07) is 11.4. The maximum absolute atomic E-state index is 6.53. The summed E-state index contributed by atoms with van der Waals surface area (Å²) in [7, 11) is 13.1. The van der Waals surface area contributed by atoms with Crippen molar-refractivity contribution in [3.63, 3.8) is 0 Å². The van der Waals surface area contributed by atoms with Gasteiger partial charge >= 0.3 is 161 Å². The summed E-state index contributed by atoms with van der Waals surface area (Å²) in [6.07, 6.45) is 4.43. The fraction of sp³-hybridized carbons (Fsp3) is 0.333. The van der Waals surface area contributed by atoms with Gasteiger partial charge < -0.3 is 0 Å². The van der Waals surface area contributed by atoms with Gasteiger partial charge in [-0.3, -0.25) is 0 Å². The van der Waals surface area contributed by atoms with Crippen molar-refractivity contribution in [1.29, 1.82) is 0 Å². The predicted molar refractivity (Wildman–Crippen MR) is 103 cm³/mol. The molecule has 0 aromatic heterocycles. The molecular formula is C21H23Cl2Zr. The molecule has 0 N–H and O–H groups in total. The number of benzene rings is 2. The summed E-state index contributed by atoms with van der Waals surface area (Å²) in [5.41, 5.74) is 10.9. The average molecular weight is 438 g/mol. The van der Waals surface area contributed by atoms with Gasteiger partial charge in [-0.2, -0.15) is 0 Å². The van der Waals surface area contributed by atoms with E-state index in [0.717, 1.165) is 12.8 Å². The molecule has 0 amide bonds. The van der Waals surface area contributed by atoms with Gasteiger partial charge in [0.25, 0.3) is 0 Å². The SMILES string of the molecule is CCC1=Cc2c(ccc(CC)c2-c2cc(C)cc(C)c2)[CH]1[Zr]([Cl])[Cl]. The first-order valence-corrected chi connectivity index (χ1v) is 16.3. The van der Waals surface area contributed by atoms with Crippen molar-refractivity contribution in [3.8, 4) is 11.1 Å². The van der Waals surface area contributed by atoms with Crippen LogP contribution in [0.15, 0.2) is 35.9 Å². The van der Waals surface area contributed by atoms with E-state index >= 15 is 0 Å². The van der Waals surface area contributed by atoms with Crippen LogP contribution >= 0.6 is 17.0 Å². The summed E-state index contributed by atoms with van der Waals surface area (Å²) >= 11 is -2.41. The average Bonchev–Trinajstić information content (AvgIpc) is 2.91. The molecule has 2 aromatic carbocycles. The summed E-state index contributed by atoms with van der Waals surface area (Å²) in [5, 5.41) is 0. The van der Waals surface area contributed by atoms with Crippen LogP contribution in [-0.2, 0) is 25.8 Å². The van der Waals surface area contributed by atoms with Crippen molar-refractivity contribution < 1.29 is 19.4 Å². The van der Waals surface area contributed by atoms with Crippen LogP contribution in [0.5, 0.6) is 0 Å². The first-order valence-electron chi connectivity index (χ1n) is 8.59. The van der Waals surface area contributed by atoms with E-state index in [-0.39, 0.29) is 0 Å². The van der Waals surface area contributed by atoms with Gasteiger partial charge in [0.05, 0.1) is 0 Å². The number of hydrogen-bond acceptors (Lipinski definition) is 0. The van der Waals surface area contributed by atoms with Crippen molar-refractivity contribution in [1.82, 2.24) is 0 Å². The van der Waals surface area contributed by atoms with Crippen molar-refractivity contribution in [2.45, 2.75) is 44.2 Å². The Hall–Kier alpha value is -0.357. The summed E-state index contributed by atoms with van der Waals surface area (Å²) in [6.45, 7) is 8.78. The van der Waals surface area contributed by atoms with Gasteiger partial charge in [-0.1, -0.05) is 0 Å². The second kappa shape index (κ2) is 7.49. The molecule has 0 bridgehead atoms. The Labute approximate surface area is 160 Å². The van der Waals surface area contributed by atoms with Crippen LogP contribution in [0.25, 0.3) is 17.2 Å². The van der Waals surface area contributed by atoms with E-state index < -0.39 is 19.4 Å². The van der Waals surface area contributed by atoms with Gasteiger partial charge in [-0.05, 0) is 0 Å². The molecule has 2 aromatic rings. The van der Waals surface area contributed by atoms with Crippen LogP contribution in [-0.4, -0.2) is 0 Å². The number of aryl methyl sites for hydroxylation is 3. The number of halogens is 2. The zero-order valence-corrected chi connectivity index (χ0v) is 18.7. The summed E-state index contributed by atoms with van der Waals surface area (Å²) < 4.78 is 0.311. The second-order valence-corrected chi connectivity index (χ2v) is 15.4. The van der Waals surface area contributed by atoms with E-state index in [2.05, 4.69) is 64.1 Å². The molecule has 1 atom stereocenters. The zero-order chi connectivity index (χ0) is 17.4. The molecule has 0 saturated carbocycles. The molecule has 24 heavy (non-hydrogen) atoms. The third-order valence-corrected chi connectivity index (χ3v) is 10.2. The predicted octanol–water partition coefficient (Wildman–Crippen LogP) is 7.31. The monoisotopic (exact) mass is 435 g/mol. The number of fused-ring (bicyclic) bond motifs is 1. The Morgan fingerprint density at radius 2 is 1.62 bits per heavy atom. The van der Waals surface area contributed by atoms with E-state index in [0.29, 0.717) is 3.63 Å². The Balaban J connectivity index is 2.29. The molecule has 3 rings (SSSR count). The van der Waals surface area contributed by atoms with E-state index in [4.69, 9.17) is 17.0 Å². The molecule has 0 saturated heterocycles. The van der Waals surface area contributed by atoms with Gasteiger partial charge in [0.15, 0.2) is 0 Å². The van der Waals surface area contributed by atoms with Gasteiger partial charge in [0.1, 0.15) is 0 Å². The Morgan fingerprint density at radius 1 is 0.958 bits per heavy atom. The minimum absolute atomic E-state index is 0.311. The molecule has 0 heterocycles. The first-order chi connectivity index (χ1) is 11.5. The van der Waals surface area contributed by atoms with E-state index in [9.17, 15) is 0 Å². The van der Waals surface area contributed by atoms with Crippen LogP contribution in [0.1, 0.15) is 51.7 Å². The Bertz CT molecular complexity index is 785. The van der Waals surface area contributed by atoms with Gasteiger partial charge in [0, 0.05) is 0 Å². The van der Waals surface area contributed by atoms with Crippen LogP contribution in [0.2, 0.25) is 0 Å². The Morgan fingerprint density at radius 3 is 2.17 bits per heavy atom. The van der Waals surface area contributed by atoms with E-state index in [1.807, 2.05) is 0 Å². The molecule has 0 nitrogen and oxygen atoms in total. The van der Waals surface area contributed by atoms with Crippen LogP contribution in [0.4, 0.5) is 0 Å². The molecule has 125 valence electrons. The van der Waals surface area contributed by atoms with Gasteiger partial charge in [-0.25, -0.2) is 0 Å². The molecule has 1 aliphatic carbocycles. The van der Waals surface area contributed by atoms with E-state index in [1.54, 1.807) is 0 Å². The van der Waals surface area contributed by atoms with Crippen LogP contribution in [0.3, 0.4) is 0 Å². The third kappa shape index (κ3) is 3.33. The maximum atomic E-state index is 6.53. The number of rotatable bonds is 4. The zero-order valence-electron chi connectivity index (χ0n) is 14.7. The fourth-order valence-corrected chi connectivity index (χ4v) is 9.52. The molecule has 1 unspecified atom stereocenters.